The van der Waals surface area contributed by atoms with Crippen LogP contribution in [-0.4, -0.2) is 162 Å². The van der Waals surface area contributed by atoms with E-state index in [0.29, 0.717) is 57.1 Å². The van der Waals surface area contributed by atoms with Crippen LogP contribution in [0.3, 0.4) is 0 Å². The van der Waals surface area contributed by atoms with E-state index in [9.17, 15) is 22.4 Å². The van der Waals surface area contributed by atoms with E-state index in [1.54, 1.807) is 25.8 Å². The maximum Gasteiger partial charge on any atom is 0.282 e. The molecule has 0 aliphatic carbocycles. The number of hydrogen-bond donors (Lipinski definition) is 0. The second kappa shape index (κ2) is 16.7. The lowest BCUT2D eigenvalue weighted by molar-refractivity contribution is -0.127. The highest BCUT2D eigenvalue weighted by atomic mass is 32.2. The Morgan fingerprint density at radius 2 is 1.77 bits per heavy atom. The summed E-state index contributed by atoms with van der Waals surface area (Å²) in [6.07, 6.45) is 12.1. The molecule has 0 N–H and O–H groups in total. The van der Waals surface area contributed by atoms with Crippen molar-refractivity contribution in [3.63, 3.8) is 0 Å². The Morgan fingerprint density at radius 1 is 1.04 bits per heavy atom. The quantitative estimate of drug-likeness (QED) is 0.218. The van der Waals surface area contributed by atoms with Gasteiger partial charge in [0.15, 0.2) is 11.6 Å². The normalized spacial score (nSPS) is 22.9. The molecule has 16 heteroatoms. The van der Waals surface area contributed by atoms with Crippen molar-refractivity contribution in [2.75, 3.05) is 84.4 Å². The number of likely N-dealkylation sites (N-methyl/N-ethyl adjacent to an activating group) is 1. The van der Waals surface area contributed by atoms with Crippen LogP contribution >= 0.6 is 0 Å². The number of piperazine rings is 1. The fourth-order valence-corrected chi connectivity index (χ4v) is 11.0. The molecule has 1 aromatic heterocycles. The smallest absolute Gasteiger partial charge is 0.282 e. The lowest BCUT2D eigenvalue weighted by atomic mass is 9.72. The van der Waals surface area contributed by atoms with Gasteiger partial charge in [-0.1, -0.05) is 17.7 Å². The van der Waals surface area contributed by atoms with Gasteiger partial charge in [-0.2, -0.15) is 17.0 Å². The number of aromatic nitrogens is 2. The number of carbonyl (C=O) groups is 2. The number of anilines is 1. The number of amides is 2. The molecule has 7 rings (SSSR count). The van der Waals surface area contributed by atoms with Crippen LogP contribution in [0.15, 0.2) is 54.5 Å². The van der Waals surface area contributed by atoms with Crippen molar-refractivity contribution >= 4 is 27.8 Å². The number of fused-ring (bicyclic) bond motifs is 2. The molecule has 2 aromatic rings. The Labute approximate surface area is 337 Å². The third-order valence-corrected chi connectivity index (χ3v) is 14.2. The van der Waals surface area contributed by atoms with Gasteiger partial charge in [0.25, 0.3) is 16.1 Å². The van der Waals surface area contributed by atoms with Crippen molar-refractivity contribution < 1.29 is 27.1 Å². The molecule has 0 radical (unpaired) electrons. The summed E-state index contributed by atoms with van der Waals surface area (Å²) in [5.41, 5.74) is 1.60. The zero-order valence-electron chi connectivity index (χ0n) is 34.2. The highest BCUT2D eigenvalue weighted by Crippen LogP contribution is 2.45. The minimum atomic E-state index is -3.61. The number of piperidine rings is 1. The predicted molar refractivity (Wildman–Crippen MR) is 217 cm³/mol. The monoisotopic (exact) mass is 807 g/mol. The Balaban J connectivity index is 0.896. The van der Waals surface area contributed by atoms with Crippen LogP contribution in [-0.2, 0) is 15.0 Å². The molecule has 0 saturated carbocycles. The zero-order chi connectivity index (χ0) is 40.6. The Bertz CT molecular complexity index is 1970. The van der Waals surface area contributed by atoms with E-state index < -0.39 is 16.0 Å². The van der Waals surface area contributed by atoms with Gasteiger partial charge >= 0.3 is 0 Å². The first-order chi connectivity index (χ1) is 27.1. The molecule has 2 atom stereocenters. The molecular weight excluding hydrogens is 750 g/mol. The summed E-state index contributed by atoms with van der Waals surface area (Å²) in [5, 5.41) is 0. The summed E-state index contributed by atoms with van der Waals surface area (Å²) >= 11 is 0. The van der Waals surface area contributed by atoms with Gasteiger partial charge < -0.3 is 24.3 Å². The summed E-state index contributed by atoms with van der Waals surface area (Å²) in [6, 6.07) is 3.62. The molecule has 4 fully saturated rings. The summed E-state index contributed by atoms with van der Waals surface area (Å²) in [7, 11) is 0.285. The number of rotatable bonds is 13. The van der Waals surface area contributed by atoms with Crippen molar-refractivity contribution in [2.45, 2.75) is 77.5 Å². The van der Waals surface area contributed by atoms with Crippen molar-refractivity contribution in [2.24, 2.45) is 5.41 Å². The van der Waals surface area contributed by atoms with Crippen molar-refractivity contribution in [3.05, 3.63) is 65.9 Å². The molecule has 5 aliphatic rings. The third kappa shape index (κ3) is 8.75. The van der Waals surface area contributed by atoms with Crippen LogP contribution in [0.2, 0.25) is 0 Å². The summed E-state index contributed by atoms with van der Waals surface area (Å²) < 4.78 is 51.4. The van der Waals surface area contributed by atoms with Crippen molar-refractivity contribution in [1.29, 1.82) is 0 Å². The zero-order valence-corrected chi connectivity index (χ0v) is 35.0. The molecule has 14 nitrogen and oxygen atoms in total. The van der Waals surface area contributed by atoms with Crippen molar-refractivity contribution in [1.82, 2.24) is 38.2 Å². The number of nitrogens with zero attached hydrogens (tertiary/aromatic N) is 9. The maximum absolute atomic E-state index is 14.4. The van der Waals surface area contributed by atoms with Gasteiger partial charge in [-0.25, -0.2) is 14.4 Å². The first kappa shape index (κ1) is 41.2. The molecule has 5 aliphatic heterocycles. The van der Waals surface area contributed by atoms with Gasteiger partial charge in [0.2, 0.25) is 5.91 Å². The highest BCUT2D eigenvalue weighted by molar-refractivity contribution is 7.86. The highest BCUT2D eigenvalue weighted by Gasteiger charge is 2.51. The molecule has 2 bridgehead atoms. The molecule has 57 heavy (non-hydrogen) atoms. The second-order valence-electron chi connectivity index (χ2n) is 17.2. The molecule has 6 heterocycles. The van der Waals surface area contributed by atoms with E-state index >= 15 is 0 Å². The fourth-order valence-electron chi connectivity index (χ4n) is 9.24. The average Bonchev–Trinajstić information content (AvgIpc) is 3.78. The molecule has 1 aromatic carbocycles. The van der Waals surface area contributed by atoms with Crippen LogP contribution in [0, 0.1) is 11.2 Å². The lowest BCUT2D eigenvalue weighted by Crippen LogP contribution is -2.61. The van der Waals surface area contributed by atoms with E-state index in [4.69, 9.17) is 4.74 Å². The summed E-state index contributed by atoms with van der Waals surface area (Å²) in [5.74, 6) is 0.487. The van der Waals surface area contributed by atoms with Crippen LogP contribution in [0.5, 0.6) is 11.5 Å². The van der Waals surface area contributed by atoms with Crippen LogP contribution in [0.1, 0.15) is 63.7 Å². The third-order valence-electron chi connectivity index (χ3n) is 12.2. The molecule has 2 amide bonds. The second-order valence-corrected chi connectivity index (χ2v) is 19.1. The molecule has 4 saturated heterocycles. The largest absolute Gasteiger partial charge is 0.451 e. The standard InChI is InChI=1S/C41H58FN9O5S/c1-29(2)51(30(3)4)40(53)35-20-32(42)9-10-36(35)56-37-22-43-28-44-39(37)47-26-41(27-47)13-18-46(19-14-41)23-31-11-16-48(17-12-31)57(54,55)50-25-33-21-34(50)24-49(33)38(52)8-7-15-45(5)6/h7-11,20,22,28-30,33-34H,12-19,21,23-27H2,1-6H3/b8-7+/t33-,34-/m0/s1. The Hall–Kier alpha value is -3.96. The molecule has 310 valence electrons. The van der Waals surface area contributed by atoms with Gasteiger partial charge in [0.05, 0.1) is 11.8 Å². The van der Waals surface area contributed by atoms with Crippen molar-refractivity contribution in [3.8, 4) is 11.5 Å². The summed E-state index contributed by atoms with van der Waals surface area (Å²) in [6.45, 7) is 14.5. The van der Waals surface area contributed by atoms with E-state index in [0.717, 1.165) is 45.6 Å². The lowest BCUT2D eigenvalue weighted by Gasteiger charge is -2.54. The van der Waals surface area contributed by atoms with E-state index in [-0.39, 0.29) is 52.7 Å². The van der Waals surface area contributed by atoms with Crippen LogP contribution in [0.4, 0.5) is 10.2 Å². The van der Waals surface area contributed by atoms with Gasteiger partial charge in [-0.3, -0.25) is 14.5 Å². The Morgan fingerprint density at radius 3 is 2.40 bits per heavy atom. The van der Waals surface area contributed by atoms with Gasteiger partial charge in [0, 0.05) is 88.0 Å². The maximum atomic E-state index is 14.4. The first-order valence-corrected chi connectivity index (χ1v) is 21.7. The molecular formula is C41H58FN9O5S. The summed E-state index contributed by atoms with van der Waals surface area (Å²) in [4.78, 5) is 45.3. The Kier molecular flexibility index (Phi) is 12.1. The van der Waals surface area contributed by atoms with Gasteiger partial charge in [-0.05, 0) is 98.8 Å². The SMILES string of the molecule is CC(C)N(C(=O)c1cc(F)ccc1Oc1cncnc1N1CC2(CCN(CC3=CCN(S(=O)(=O)N4C[C@@H]5C[C@H]4CN5C(=O)/C=C/CN(C)C)CC3)CC2)C1)C(C)C. The minimum Gasteiger partial charge on any atom is -0.451 e. The topological polar surface area (TPSA) is 126 Å². The first-order valence-electron chi connectivity index (χ1n) is 20.3. The minimum absolute atomic E-state index is 0.0395. The number of ether oxygens (including phenoxy) is 1. The number of halogens is 1. The van der Waals surface area contributed by atoms with Crippen LogP contribution < -0.4 is 9.64 Å². The number of benzene rings is 1. The van der Waals surface area contributed by atoms with Gasteiger partial charge in [0.1, 0.15) is 17.9 Å². The number of likely N-dealkylation sites (tertiary alicyclic amines) is 2. The van der Waals surface area contributed by atoms with E-state index in [1.165, 1.54) is 30.1 Å². The fraction of sp³-hybridized carbons (Fsp3) is 0.610. The predicted octanol–water partition coefficient (Wildman–Crippen LogP) is 3.85. The average molecular weight is 808 g/mol. The molecule has 0 unspecified atom stereocenters. The number of carbonyl (C=O) groups excluding carboxylic acids is 2. The van der Waals surface area contributed by atoms with Gasteiger partial charge in [-0.15, -0.1) is 0 Å². The molecule has 1 spiro atoms. The number of hydrogen-bond acceptors (Lipinski definition) is 10. The van der Waals surface area contributed by atoms with Crippen LogP contribution in [0.25, 0.3) is 0 Å². The van der Waals surface area contributed by atoms with E-state index in [1.807, 2.05) is 57.7 Å². The van der Waals surface area contributed by atoms with E-state index in [2.05, 4.69) is 25.8 Å².